The molecule has 1 heterocycles. The monoisotopic (exact) mass is 371 g/mol. The third-order valence-electron chi connectivity index (χ3n) is 5.94. The molecule has 1 N–H and O–H groups in total. The lowest BCUT2D eigenvalue weighted by Gasteiger charge is -2.27. The van der Waals surface area contributed by atoms with E-state index in [0.717, 1.165) is 38.8 Å². The van der Waals surface area contributed by atoms with Gasteiger partial charge >= 0.3 is 6.03 Å². The van der Waals surface area contributed by atoms with Crippen molar-refractivity contribution in [1.29, 1.82) is 0 Å². The number of urea groups is 1. The van der Waals surface area contributed by atoms with Gasteiger partial charge in [-0.2, -0.15) is 0 Å². The number of carbonyl (C=O) groups excluding carboxylic acids is 2. The fourth-order valence-electron chi connectivity index (χ4n) is 4.17. The number of rotatable bonds is 4. The van der Waals surface area contributed by atoms with E-state index in [9.17, 15) is 9.59 Å². The molecular formula is C22H33N3O2. The first-order valence-electron chi connectivity index (χ1n) is 10.5. The smallest absolute Gasteiger partial charge is 0.317 e. The zero-order chi connectivity index (χ0) is 19.1. The van der Waals surface area contributed by atoms with Crippen LogP contribution in [0, 0.1) is 6.92 Å². The Labute approximate surface area is 163 Å². The van der Waals surface area contributed by atoms with Gasteiger partial charge in [0.2, 0.25) is 5.91 Å². The zero-order valence-corrected chi connectivity index (χ0v) is 16.6. The van der Waals surface area contributed by atoms with Crippen molar-refractivity contribution in [2.45, 2.75) is 64.3 Å². The fourth-order valence-corrected chi connectivity index (χ4v) is 4.17. The Morgan fingerprint density at radius 1 is 0.963 bits per heavy atom. The maximum Gasteiger partial charge on any atom is 0.317 e. The van der Waals surface area contributed by atoms with Crippen molar-refractivity contribution in [3.8, 4) is 0 Å². The van der Waals surface area contributed by atoms with Gasteiger partial charge in [0, 0.05) is 38.6 Å². The first-order valence-corrected chi connectivity index (χ1v) is 10.5. The second kappa shape index (κ2) is 9.77. The number of aryl methyl sites for hydroxylation is 2. The van der Waals surface area contributed by atoms with Gasteiger partial charge in [-0.3, -0.25) is 4.79 Å². The van der Waals surface area contributed by atoms with Gasteiger partial charge in [0.05, 0.1) is 0 Å². The molecule has 0 atom stereocenters. The third kappa shape index (κ3) is 5.72. The molecular weight excluding hydrogens is 338 g/mol. The molecule has 1 aliphatic heterocycles. The summed E-state index contributed by atoms with van der Waals surface area (Å²) < 4.78 is 0. The summed E-state index contributed by atoms with van der Waals surface area (Å²) in [6.07, 6.45) is 8.10. The molecule has 27 heavy (non-hydrogen) atoms. The van der Waals surface area contributed by atoms with Crippen molar-refractivity contribution in [2.24, 2.45) is 0 Å². The average molecular weight is 372 g/mol. The summed E-state index contributed by atoms with van der Waals surface area (Å²) in [6, 6.07) is 8.64. The average Bonchev–Trinajstić information content (AvgIpc) is 2.94. The van der Waals surface area contributed by atoms with Crippen LogP contribution in [0.25, 0.3) is 0 Å². The second-order valence-electron chi connectivity index (χ2n) is 7.93. The van der Waals surface area contributed by atoms with Gasteiger partial charge in [-0.1, -0.05) is 43.5 Å². The van der Waals surface area contributed by atoms with E-state index in [0.29, 0.717) is 25.6 Å². The molecule has 0 radical (unpaired) electrons. The lowest BCUT2D eigenvalue weighted by Crippen LogP contribution is -2.46. The quantitative estimate of drug-likeness (QED) is 0.881. The van der Waals surface area contributed by atoms with Crippen molar-refractivity contribution in [3.05, 3.63) is 35.4 Å². The van der Waals surface area contributed by atoms with Crippen LogP contribution in [0.5, 0.6) is 0 Å². The number of amides is 3. The van der Waals surface area contributed by atoms with E-state index in [1.54, 1.807) is 0 Å². The Bertz CT molecular complexity index is 640. The van der Waals surface area contributed by atoms with Crippen LogP contribution in [-0.2, 0) is 11.2 Å². The summed E-state index contributed by atoms with van der Waals surface area (Å²) >= 11 is 0. The first-order chi connectivity index (χ1) is 13.1. The highest BCUT2D eigenvalue weighted by Crippen LogP contribution is 2.18. The van der Waals surface area contributed by atoms with E-state index in [2.05, 4.69) is 24.4 Å². The predicted molar refractivity (Wildman–Crippen MR) is 108 cm³/mol. The molecule has 0 bridgehead atoms. The van der Waals surface area contributed by atoms with Crippen LogP contribution in [0.4, 0.5) is 4.79 Å². The van der Waals surface area contributed by atoms with Gasteiger partial charge < -0.3 is 15.1 Å². The third-order valence-corrected chi connectivity index (χ3v) is 5.94. The molecule has 5 nitrogen and oxygen atoms in total. The number of hydrogen-bond acceptors (Lipinski definition) is 2. The first kappa shape index (κ1) is 19.7. The predicted octanol–water partition coefficient (Wildman–Crippen LogP) is 3.50. The molecule has 1 aliphatic carbocycles. The van der Waals surface area contributed by atoms with Crippen molar-refractivity contribution in [2.75, 3.05) is 26.2 Å². The summed E-state index contributed by atoms with van der Waals surface area (Å²) in [5, 5.41) is 3.20. The van der Waals surface area contributed by atoms with Crippen molar-refractivity contribution in [1.82, 2.24) is 15.1 Å². The summed E-state index contributed by atoms with van der Waals surface area (Å²) in [4.78, 5) is 29.0. The minimum Gasteiger partial charge on any atom is -0.341 e. The minimum absolute atomic E-state index is 0.0520. The summed E-state index contributed by atoms with van der Waals surface area (Å²) in [7, 11) is 0. The van der Waals surface area contributed by atoms with Crippen LogP contribution in [0.2, 0.25) is 0 Å². The summed E-state index contributed by atoms with van der Waals surface area (Å²) in [6.45, 7) is 4.85. The van der Waals surface area contributed by atoms with Crippen LogP contribution >= 0.6 is 0 Å². The highest BCUT2D eigenvalue weighted by atomic mass is 16.2. The van der Waals surface area contributed by atoms with Crippen molar-refractivity contribution >= 4 is 11.9 Å². The Kier molecular flexibility index (Phi) is 7.13. The van der Waals surface area contributed by atoms with Crippen molar-refractivity contribution < 1.29 is 9.59 Å². The zero-order valence-electron chi connectivity index (χ0n) is 16.6. The standard InChI is InChI=1S/C22H33N3O2/c1-18-8-5-6-9-19(18)12-13-21(26)24-14-7-15-25(17-16-24)22(27)23-20-10-3-2-4-11-20/h5-6,8-9,20H,2-4,7,10-17H2,1H3,(H,23,27). The number of nitrogens with one attached hydrogen (secondary N) is 1. The lowest BCUT2D eigenvalue weighted by atomic mass is 9.96. The largest absolute Gasteiger partial charge is 0.341 e. The fraction of sp³-hybridized carbons (Fsp3) is 0.636. The summed E-state index contributed by atoms with van der Waals surface area (Å²) in [5.74, 6) is 0.202. The molecule has 5 heteroatoms. The van der Waals surface area contributed by atoms with E-state index >= 15 is 0 Å². The molecule has 2 aliphatic rings. The molecule has 1 saturated carbocycles. The van der Waals surface area contributed by atoms with Gasteiger partial charge in [0.25, 0.3) is 0 Å². The van der Waals surface area contributed by atoms with Gasteiger partial charge in [0.1, 0.15) is 0 Å². The minimum atomic E-state index is 0.0520. The molecule has 3 rings (SSSR count). The number of nitrogens with zero attached hydrogens (tertiary/aromatic N) is 2. The highest BCUT2D eigenvalue weighted by molar-refractivity contribution is 5.77. The van der Waals surface area contributed by atoms with Gasteiger partial charge in [-0.25, -0.2) is 4.79 Å². The molecule has 3 amide bonds. The molecule has 148 valence electrons. The molecule has 1 aromatic carbocycles. The van der Waals surface area contributed by atoms with E-state index < -0.39 is 0 Å². The number of carbonyl (C=O) groups is 2. The molecule has 2 fully saturated rings. The van der Waals surface area contributed by atoms with Gasteiger partial charge in [0.15, 0.2) is 0 Å². The van der Waals surface area contributed by atoms with Crippen molar-refractivity contribution in [3.63, 3.8) is 0 Å². The van der Waals surface area contributed by atoms with Crippen LogP contribution in [0.1, 0.15) is 56.1 Å². The van der Waals surface area contributed by atoms with E-state index in [1.165, 1.54) is 30.4 Å². The molecule has 0 unspecified atom stereocenters. The van der Waals surface area contributed by atoms with Gasteiger partial charge in [-0.15, -0.1) is 0 Å². The number of hydrogen-bond donors (Lipinski definition) is 1. The molecule has 0 aromatic heterocycles. The maximum atomic E-state index is 12.6. The maximum absolute atomic E-state index is 12.6. The van der Waals surface area contributed by atoms with E-state index in [-0.39, 0.29) is 11.9 Å². The van der Waals surface area contributed by atoms with Crippen LogP contribution in [-0.4, -0.2) is 54.0 Å². The Morgan fingerprint density at radius 3 is 2.44 bits per heavy atom. The van der Waals surface area contributed by atoms with Crippen LogP contribution < -0.4 is 5.32 Å². The Balaban J connectivity index is 1.45. The topological polar surface area (TPSA) is 52.7 Å². The Hall–Kier alpha value is -2.04. The van der Waals surface area contributed by atoms with Gasteiger partial charge in [-0.05, 0) is 43.7 Å². The van der Waals surface area contributed by atoms with E-state index in [4.69, 9.17) is 0 Å². The molecule has 0 spiro atoms. The SMILES string of the molecule is Cc1ccccc1CCC(=O)N1CCCN(C(=O)NC2CCCCC2)CC1. The second-order valence-corrected chi connectivity index (χ2v) is 7.93. The molecule has 1 saturated heterocycles. The number of benzene rings is 1. The lowest BCUT2D eigenvalue weighted by molar-refractivity contribution is -0.131. The normalized spacial score (nSPS) is 18.9. The van der Waals surface area contributed by atoms with Crippen LogP contribution in [0.15, 0.2) is 24.3 Å². The summed E-state index contributed by atoms with van der Waals surface area (Å²) in [5.41, 5.74) is 2.49. The van der Waals surface area contributed by atoms with Crippen LogP contribution in [0.3, 0.4) is 0 Å². The Morgan fingerprint density at radius 2 is 1.67 bits per heavy atom. The van der Waals surface area contributed by atoms with E-state index in [1.807, 2.05) is 21.9 Å². The molecule has 1 aromatic rings. The highest BCUT2D eigenvalue weighted by Gasteiger charge is 2.24.